The molecule has 0 heterocycles. The van der Waals surface area contributed by atoms with E-state index in [0.717, 1.165) is 22.9 Å². The van der Waals surface area contributed by atoms with Crippen molar-refractivity contribution < 1.29 is 4.74 Å². The van der Waals surface area contributed by atoms with Gasteiger partial charge in [-0.1, -0.05) is 54.6 Å². The Labute approximate surface area is 131 Å². The van der Waals surface area contributed by atoms with Crippen molar-refractivity contribution in [3.63, 3.8) is 0 Å². The first kappa shape index (κ1) is 15.6. The molecular formula is C18H20ClNO. The van der Waals surface area contributed by atoms with Gasteiger partial charge in [-0.2, -0.15) is 0 Å². The number of para-hydroxylation sites is 1. The van der Waals surface area contributed by atoms with Gasteiger partial charge in [0, 0.05) is 23.2 Å². The van der Waals surface area contributed by atoms with Crippen LogP contribution in [0.3, 0.4) is 0 Å². The van der Waals surface area contributed by atoms with Crippen molar-refractivity contribution in [1.82, 2.24) is 5.32 Å². The first-order valence-corrected chi connectivity index (χ1v) is 7.39. The summed E-state index contributed by atoms with van der Waals surface area (Å²) >= 11 is 5.91. The lowest BCUT2D eigenvalue weighted by Gasteiger charge is -2.16. The summed E-state index contributed by atoms with van der Waals surface area (Å²) in [7, 11) is 0. The summed E-state index contributed by atoms with van der Waals surface area (Å²) in [5.74, 6) is 0.896. The Morgan fingerprint density at radius 1 is 1.19 bits per heavy atom. The topological polar surface area (TPSA) is 21.3 Å². The summed E-state index contributed by atoms with van der Waals surface area (Å²) in [5.41, 5.74) is 2.35. The van der Waals surface area contributed by atoms with Gasteiger partial charge in [0.05, 0.1) is 0 Å². The lowest BCUT2D eigenvalue weighted by atomic mass is 10.1. The second-order valence-electron chi connectivity index (χ2n) is 4.86. The number of nitrogens with one attached hydrogen (secondary N) is 1. The molecule has 0 saturated carbocycles. The largest absolute Gasteiger partial charge is 0.489 e. The van der Waals surface area contributed by atoms with Gasteiger partial charge in [-0.15, -0.1) is 0 Å². The van der Waals surface area contributed by atoms with Crippen LogP contribution in [0.15, 0.2) is 61.2 Å². The molecule has 2 nitrogen and oxygen atoms in total. The number of benzene rings is 2. The van der Waals surface area contributed by atoms with Gasteiger partial charge in [0.1, 0.15) is 12.4 Å². The third-order valence-corrected chi connectivity index (χ3v) is 3.55. The lowest BCUT2D eigenvalue weighted by Crippen LogP contribution is -2.18. The van der Waals surface area contributed by atoms with Crippen molar-refractivity contribution in [2.24, 2.45) is 0 Å². The number of ether oxygens (including phenoxy) is 1. The minimum absolute atomic E-state index is 0.245. The molecule has 1 atom stereocenters. The second-order valence-corrected chi connectivity index (χ2v) is 5.30. The summed E-state index contributed by atoms with van der Waals surface area (Å²) < 4.78 is 5.66. The van der Waals surface area contributed by atoms with Gasteiger partial charge in [0.2, 0.25) is 0 Å². The van der Waals surface area contributed by atoms with E-state index < -0.39 is 0 Å². The molecule has 0 spiro atoms. The SMILES string of the molecule is C=CCOc1ccccc1CNC(C)c1ccc(Cl)cc1. The van der Waals surface area contributed by atoms with E-state index >= 15 is 0 Å². The fraction of sp³-hybridized carbons (Fsp3) is 0.222. The van der Waals surface area contributed by atoms with Crippen LogP contribution in [0.25, 0.3) is 0 Å². The third-order valence-electron chi connectivity index (χ3n) is 3.30. The maximum absolute atomic E-state index is 5.91. The van der Waals surface area contributed by atoms with Crippen molar-refractivity contribution in [3.05, 3.63) is 77.3 Å². The van der Waals surface area contributed by atoms with Crippen molar-refractivity contribution in [1.29, 1.82) is 0 Å². The quantitative estimate of drug-likeness (QED) is 0.745. The monoisotopic (exact) mass is 301 g/mol. The zero-order valence-electron chi connectivity index (χ0n) is 12.2. The average molecular weight is 302 g/mol. The van der Waals surface area contributed by atoms with E-state index in [1.165, 1.54) is 5.56 Å². The van der Waals surface area contributed by atoms with Gasteiger partial charge < -0.3 is 10.1 Å². The summed E-state index contributed by atoms with van der Waals surface area (Å²) in [6, 6.07) is 16.2. The molecule has 1 N–H and O–H groups in total. The zero-order valence-corrected chi connectivity index (χ0v) is 12.9. The van der Waals surface area contributed by atoms with Crippen LogP contribution in [0.2, 0.25) is 5.02 Å². The van der Waals surface area contributed by atoms with Crippen LogP contribution in [0.5, 0.6) is 5.75 Å². The molecule has 0 aliphatic carbocycles. The van der Waals surface area contributed by atoms with E-state index in [-0.39, 0.29) is 6.04 Å². The molecule has 2 aromatic carbocycles. The van der Waals surface area contributed by atoms with E-state index in [9.17, 15) is 0 Å². The van der Waals surface area contributed by atoms with Crippen LogP contribution in [0.1, 0.15) is 24.1 Å². The summed E-state index contributed by atoms with van der Waals surface area (Å²) in [6.45, 7) is 7.08. The molecule has 0 fully saturated rings. The highest BCUT2D eigenvalue weighted by Crippen LogP contribution is 2.20. The van der Waals surface area contributed by atoms with E-state index in [0.29, 0.717) is 6.61 Å². The van der Waals surface area contributed by atoms with Crippen molar-refractivity contribution in [3.8, 4) is 5.75 Å². The molecule has 0 amide bonds. The average Bonchev–Trinajstić information content (AvgIpc) is 2.52. The second kappa shape index (κ2) is 7.87. The van der Waals surface area contributed by atoms with Crippen molar-refractivity contribution >= 4 is 11.6 Å². The Bertz CT molecular complexity index is 580. The summed E-state index contributed by atoms with van der Waals surface area (Å²) in [4.78, 5) is 0. The number of halogens is 1. The van der Waals surface area contributed by atoms with Gasteiger partial charge in [-0.3, -0.25) is 0 Å². The molecule has 0 bridgehead atoms. The van der Waals surface area contributed by atoms with Gasteiger partial charge in [0.15, 0.2) is 0 Å². The maximum atomic E-state index is 5.91. The molecular weight excluding hydrogens is 282 g/mol. The fourth-order valence-corrected chi connectivity index (χ4v) is 2.20. The fourth-order valence-electron chi connectivity index (χ4n) is 2.07. The normalized spacial score (nSPS) is 11.9. The molecule has 110 valence electrons. The molecule has 2 rings (SSSR count). The number of hydrogen-bond acceptors (Lipinski definition) is 2. The zero-order chi connectivity index (χ0) is 15.1. The van der Waals surface area contributed by atoms with Gasteiger partial charge in [0.25, 0.3) is 0 Å². The van der Waals surface area contributed by atoms with Crippen LogP contribution in [0.4, 0.5) is 0 Å². The maximum Gasteiger partial charge on any atom is 0.124 e. The molecule has 1 unspecified atom stereocenters. The van der Waals surface area contributed by atoms with Crippen LogP contribution < -0.4 is 10.1 Å². The van der Waals surface area contributed by atoms with Crippen LogP contribution in [0, 0.1) is 0 Å². The Morgan fingerprint density at radius 2 is 1.90 bits per heavy atom. The van der Waals surface area contributed by atoms with Gasteiger partial charge in [-0.25, -0.2) is 0 Å². The lowest BCUT2D eigenvalue weighted by molar-refractivity contribution is 0.357. The molecule has 3 heteroatoms. The predicted octanol–water partition coefficient (Wildman–Crippen LogP) is 4.76. The minimum atomic E-state index is 0.245. The standard InChI is InChI=1S/C18H20ClNO/c1-3-12-21-18-7-5-4-6-16(18)13-20-14(2)15-8-10-17(19)11-9-15/h3-11,14,20H,1,12-13H2,2H3. The summed E-state index contributed by atoms with van der Waals surface area (Å²) in [6.07, 6.45) is 1.75. The van der Waals surface area contributed by atoms with Crippen LogP contribution in [-0.2, 0) is 6.54 Å². The number of rotatable bonds is 7. The van der Waals surface area contributed by atoms with Gasteiger partial charge >= 0.3 is 0 Å². The molecule has 0 aliphatic rings. The third kappa shape index (κ3) is 4.62. The minimum Gasteiger partial charge on any atom is -0.489 e. The Balaban J connectivity index is 1.99. The van der Waals surface area contributed by atoms with E-state index in [2.05, 4.69) is 24.9 Å². The smallest absolute Gasteiger partial charge is 0.124 e. The molecule has 0 aliphatic heterocycles. The highest BCUT2D eigenvalue weighted by atomic mass is 35.5. The summed E-state index contributed by atoms with van der Waals surface area (Å²) in [5, 5.41) is 4.26. The van der Waals surface area contributed by atoms with E-state index in [1.807, 2.05) is 42.5 Å². The Hall–Kier alpha value is -1.77. The van der Waals surface area contributed by atoms with Crippen molar-refractivity contribution in [2.45, 2.75) is 19.5 Å². The predicted molar refractivity (Wildman–Crippen MR) is 88.8 cm³/mol. The molecule has 0 aromatic heterocycles. The van der Waals surface area contributed by atoms with Crippen LogP contribution in [-0.4, -0.2) is 6.61 Å². The first-order valence-electron chi connectivity index (χ1n) is 7.01. The van der Waals surface area contributed by atoms with Gasteiger partial charge in [-0.05, 0) is 30.7 Å². The van der Waals surface area contributed by atoms with E-state index in [1.54, 1.807) is 6.08 Å². The van der Waals surface area contributed by atoms with Crippen molar-refractivity contribution in [2.75, 3.05) is 6.61 Å². The number of hydrogen-bond donors (Lipinski definition) is 1. The first-order chi connectivity index (χ1) is 10.2. The van der Waals surface area contributed by atoms with Crippen LogP contribution >= 0.6 is 11.6 Å². The Kier molecular flexibility index (Phi) is 5.85. The Morgan fingerprint density at radius 3 is 2.62 bits per heavy atom. The molecule has 0 saturated heterocycles. The highest BCUT2D eigenvalue weighted by Gasteiger charge is 2.07. The molecule has 21 heavy (non-hydrogen) atoms. The molecule has 2 aromatic rings. The molecule has 0 radical (unpaired) electrons. The highest BCUT2D eigenvalue weighted by molar-refractivity contribution is 6.30. The van der Waals surface area contributed by atoms with E-state index in [4.69, 9.17) is 16.3 Å².